The summed E-state index contributed by atoms with van der Waals surface area (Å²) in [5.41, 5.74) is 6.25. The highest BCUT2D eigenvalue weighted by Crippen LogP contribution is 2.39. The van der Waals surface area contributed by atoms with E-state index < -0.39 is 0 Å². The predicted octanol–water partition coefficient (Wildman–Crippen LogP) is 7.51. The number of ether oxygens (including phenoxy) is 5. The first-order valence-electron chi connectivity index (χ1n) is 17.1. The third-order valence-electron chi connectivity index (χ3n) is 9.19. The fraction of sp³-hybridized carbons (Fsp3) is 0.385. The minimum atomic E-state index is -0.325. The van der Waals surface area contributed by atoms with Crippen LogP contribution >= 0.6 is 0 Å². The normalized spacial score (nSPS) is 17.2. The number of esters is 1. The van der Waals surface area contributed by atoms with Gasteiger partial charge in [-0.15, -0.1) is 0 Å². The van der Waals surface area contributed by atoms with Gasteiger partial charge in [0.25, 0.3) is 0 Å². The molecule has 4 heterocycles. The molecule has 1 atom stereocenters. The van der Waals surface area contributed by atoms with E-state index in [1.807, 2.05) is 49.0 Å². The van der Waals surface area contributed by atoms with Crippen molar-refractivity contribution in [3.8, 4) is 16.9 Å². The van der Waals surface area contributed by atoms with Crippen LogP contribution in [0.2, 0.25) is 0 Å². The van der Waals surface area contributed by atoms with E-state index in [1.165, 1.54) is 0 Å². The van der Waals surface area contributed by atoms with E-state index in [9.17, 15) is 4.79 Å². The van der Waals surface area contributed by atoms with Crippen LogP contribution in [0.25, 0.3) is 32.8 Å². The van der Waals surface area contributed by atoms with Gasteiger partial charge in [-0.1, -0.05) is 66.7 Å². The molecule has 0 aliphatic carbocycles. The lowest BCUT2D eigenvalue weighted by Crippen LogP contribution is -2.22. The molecule has 1 unspecified atom stereocenters. The van der Waals surface area contributed by atoms with Gasteiger partial charge in [0.1, 0.15) is 11.4 Å². The molecule has 48 heavy (non-hydrogen) atoms. The zero-order valence-electron chi connectivity index (χ0n) is 27.8. The summed E-state index contributed by atoms with van der Waals surface area (Å²) in [6.45, 7) is 5.00. The molecule has 2 aliphatic rings. The molecule has 0 amide bonds. The molecule has 7 rings (SSSR count). The number of para-hydroxylation sites is 1. The maximum Gasteiger partial charge on any atom is 0.355 e. The van der Waals surface area contributed by atoms with Crippen LogP contribution in [-0.2, 0) is 52.2 Å². The van der Waals surface area contributed by atoms with E-state index in [0.29, 0.717) is 51.7 Å². The van der Waals surface area contributed by atoms with Crippen molar-refractivity contribution in [3.63, 3.8) is 0 Å². The summed E-state index contributed by atoms with van der Waals surface area (Å²) in [6, 6.07) is 20.7. The average Bonchev–Trinajstić information content (AvgIpc) is 3.59. The first-order chi connectivity index (χ1) is 23.6. The zero-order valence-corrected chi connectivity index (χ0v) is 27.8. The van der Waals surface area contributed by atoms with Crippen molar-refractivity contribution < 1.29 is 28.5 Å². The topological polar surface area (TPSA) is 86.0 Å². The number of hydrogen-bond donors (Lipinski definition) is 0. The van der Waals surface area contributed by atoms with E-state index in [2.05, 4.69) is 47.0 Å². The molecular weight excluding hydrogens is 606 g/mol. The smallest absolute Gasteiger partial charge is 0.355 e. The van der Waals surface area contributed by atoms with Crippen molar-refractivity contribution in [2.24, 2.45) is 7.05 Å². The summed E-state index contributed by atoms with van der Waals surface area (Å²) in [5, 5.41) is 8.19. The lowest BCUT2D eigenvalue weighted by molar-refractivity contribution is -0.169. The molecule has 2 aromatic heterocycles. The molecule has 0 radical (unpaired) electrons. The number of aromatic nitrogens is 3. The van der Waals surface area contributed by atoms with Crippen LogP contribution in [0, 0.1) is 0 Å². The second-order valence-corrected chi connectivity index (χ2v) is 12.3. The van der Waals surface area contributed by atoms with E-state index >= 15 is 0 Å². The fourth-order valence-electron chi connectivity index (χ4n) is 6.99. The van der Waals surface area contributed by atoms with Crippen LogP contribution in [0.5, 0.6) is 5.75 Å². The Morgan fingerprint density at radius 1 is 1.02 bits per heavy atom. The SMILES string of the molecule is CCOC(=O)c1c(CCCOc2cccc3ccccc23)c2cccc3c2n1C/C=C\COCc1c-3c(COC2CCCCO2)nn1C. The summed E-state index contributed by atoms with van der Waals surface area (Å²) < 4.78 is 34.2. The van der Waals surface area contributed by atoms with Gasteiger partial charge in [-0.3, -0.25) is 4.68 Å². The van der Waals surface area contributed by atoms with Gasteiger partial charge < -0.3 is 28.3 Å². The number of benzene rings is 3. The van der Waals surface area contributed by atoms with E-state index in [0.717, 1.165) is 81.2 Å². The Kier molecular flexibility index (Phi) is 9.88. The van der Waals surface area contributed by atoms with Crippen LogP contribution in [-0.4, -0.2) is 53.0 Å². The molecular formula is C39H43N3O6. The highest BCUT2D eigenvalue weighted by Gasteiger charge is 2.29. The number of carbonyl (C=O) groups excluding carboxylic acids is 1. The van der Waals surface area contributed by atoms with Gasteiger partial charge in [-0.25, -0.2) is 4.79 Å². The first kappa shape index (κ1) is 32.1. The van der Waals surface area contributed by atoms with Crippen molar-refractivity contribution >= 4 is 27.6 Å². The number of aryl methyl sites for hydroxylation is 2. The van der Waals surface area contributed by atoms with Crippen molar-refractivity contribution in [1.29, 1.82) is 0 Å². The average molecular weight is 650 g/mol. The monoisotopic (exact) mass is 649 g/mol. The second kappa shape index (κ2) is 14.8. The number of allylic oxidation sites excluding steroid dienone is 1. The van der Waals surface area contributed by atoms with Crippen molar-refractivity contribution in [2.45, 2.75) is 65.1 Å². The van der Waals surface area contributed by atoms with Gasteiger partial charge in [0.15, 0.2) is 6.29 Å². The molecule has 0 spiro atoms. The van der Waals surface area contributed by atoms with Gasteiger partial charge in [0.05, 0.1) is 49.9 Å². The highest BCUT2D eigenvalue weighted by molar-refractivity contribution is 6.05. The minimum absolute atomic E-state index is 0.239. The summed E-state index contributed by atoms with van der Waals surface area (Å²) in [7, 11) is 1.95. The Morgan fingerprint density at radius 2 is 1.88 bits per heavy atom. The zero-order chi connectivity index (χ0) is 32.9. The molecule has 0 bridgehead atoms. The third-order valence-corrected chi connectivity index (χ3v) is 9.19. The molecule has 1 saturated heterocycles. The summed E-state index contributed by atoms with van der Waals surface area (Å²) in [4.78, 5) is 13.8. The van der Waals surface area contributed by atoms with Crippen LogP contribution < -0.4 is 4.74 Å². The van der Waals surface area contributed by atoms with Crippen LogP contribution in [0.1, 0.15) is 60.0 Å². The number of carbonyl (C=O) groups is 1. The van der Waals surface area contributed by atoms with Gasteiger partial charge in [-0.2, -0.15) is 5.10 Å². The summed E-state index contributed by atoms with van der Waals surface area (Å²) in [5.74, 6) is 0.538. The quantitative estimate of drug-likeness (QED) is 0.0879. The number of hydrogen-bond acceptors (Lipinski definition) is 7. The number of nitrogens with zero attached hydrogens (tertiary/aromatic N) is 3. The van der Waals surface area contributed by atoms with Crippen LogP contribution in [0.3, 0.4) is 0 Å². The molecule has 0 saturated carbocycles. The molecule has 0 N–H and O–H groups in total. The largest absolute Gasteiger partial charge is 0.493 e. The summed E-state index contributed by atoms with van der Waals surface area (Å²) in [6.07, 6.45) is 8.22. The van der Waals surface area contributed by atoms with Gasteiger partial charge in [0.2, 0.25) is 0 Å². The molecule has 3 aromatic carbocycles. The van der Waals surface area contributed by atoms with Crippen molar-refractivity contribution in [1.82, 2.24) is 14.3 Å². The van der Waals surface area contributed by atoms with Gasteiger partial charge >= 0.3 is 5.97 Å². The Balaban J connectivity index is 1.29. The van der Waals surface area contributed by atoms with Crippen LogP contribution in [0.4, 0.5) is 0 Å². The van der Waals surface area contributed by atoms with Crippen molar-refractivity contribution in [2.75, 3.05) is 26.4 Å². The van der Waals surface area contributed by atoms with Gasteiger partial charge in [0, 0.05) is 42.1 Å². The standard InChI is InChI=1S/C39H43N3O6/c1-3-45-39(43)38-30(18-12-24-46-34-19-10-14-27-13-4-5-15-28(27)34)29-16-11-17-31-36-32(25-48-35-20-6-8-23-47-35)40-41(2)33(36)26-44-22-9-7-21-42(38)37(29)31/h4-5,7,9-11,13-17,19,35H,3,6,8,12,18,20-26H2,1-2H3/b9-7-. The highest BCUT2D eigenvalue weighted by atomic mass is 16.7. The van der Waals surface area contributed by atoms with E-state index in [4.69, 9.17) is 28.8 Å². The Labute approximate surface area is 281 Å². The predicted molar refractivity (Wildman–Crippen MR) is 185 cm³/mol. The Morgan fingerprint density at radius 3 is 2.75 bits per heavy atom. The fourth-order valence-corrected chi connectivity index (χ4v) is 6.99. The molecule has 5 aromatic rings. The van der Waals surface area contributed by atoms with Crippen LogP contribution in [0.15, 0.2) is 72.8 Å². The van der Waals surface area contributed by atoms with Gasteiger partial charge in [-0.05, 0) is 56.0 Å². The lowest BCUT2D eigenvalue weighted by atomic mass is 9.98. The molecule has 250 valence electrons. The number of rotatable bonds is 10. The Hall–Kier alpha value is -4.44. The first-order valence-corrected chi connectivity index (χ1v) is 17.1. The number of fused-ring (bicyclic) bond motifs is 3. The van der Waals surface area contributed by atoms with E-state index in [1.54, 1.807) is 0 Å². The lowest BCUT2D eigenvalue weighted by Gasteiger charge is -2.22. The molecule has 2 aliphatic heterocycles. The molecule has 9 heteroatoms. The summed E-state index contributed by atoms with van der Waals surface area (Å²) >= 11 is 0. The minimum Gasteiger partial charge on any atom is -0.493 e. The van der Waals surface area contributed by atoms with E-state index in [-0.39, 0.29) is 18.9 Å². The van der Waals surface area contributed by atoms with Crippen molar-refractivity contribution in [3.05, 3.63) is 95.5 Å². The second-order valence-electron chi connectivity index (χ2n) is 12.3. The molecule has 1 fully saturated rings. The maximum absolute atomic E-state index is 13.8. The maximum atomic E-state index is 13.8. The Bertz CT molecular complexity index is 1930. The third kappa shape index (κ3) is 6.50. The molecule has 9 nitrogen and oxygen atoms in total.